The van der Waals surface area contributed by atoms with E-state index in [9.17, 15) is 4.79 Å². The number of hydrogen-bond donors (Lipinski definition) is 1. The first-order valence-electron chi connectivity index (χ1n) is 5.82. The van der Waals surface area contributed by atoms with Gasteiger partial charge in [0.1, 0.15) is 0 Å². The molecule has 0 saturated heterocycles. The maximum Gasteiger partial charge on any atom is 0.304 e. The normalized spacial score (nSPS) is 22.7. The van der Waals surface area contributed by atoms with Gasteiger partial charge >= 0.3 is 5.97 Å². The fourth-order valence-electron chi connectivity index (χ4n) is 2.12. The van der Waals surface area contributed by atoms with Crippen molar-refractivity contribution in [2.75, 3.05) is 18.2 Å². The molecule has 0 amide bonds. The van der Waals surface area contributed by atoms with E-state index in [1.165, 1.54) is 15.5 Å². The maximum absolute atomic E-state index is 10.9. The van der Waals surface area contributed by atoms with Crippen molar-refractivity contribution in [1.82, 2.24) is 0 Å². The lowest BCUT2D eigenvalue weighted by molar-refractivity contribution is -0.137. The highest BCUT2D eigenvalue weighted by molar-refractivity contribution is 8.00. The molecule has 0 aromatic heterocycles. The molecule has 1 heterocycles. The standard InChI is InChI=1S/C13H17NO2S2/c1-8-11(7-13(15)16)18-12-6-9(17-3)4-5-10(12)14(8)2/h4-6,8,11H,7H2,1-3H3,(H,15,16). The van der Waals surface area contributed by atoms with E-state index >= 15 is 0 Å². The first kappa shape index (κ1) is 13.6. The smallest absolute Gasteiger partial charge is 0.304 e. The third kappa shape index (κ3) is 2.62. The first-order chi connectivity index (χ1) is 8.52. The molecule has 0 radical (unpaired) electrons. The average Bonchev–Trinajstić information content (AvgIpc) is 2.34. The molecule has 0 bridgehead atoms. The molecule has 0 saturated carbocycles. The molecule has 1 N–H and O–H groups in total. The Balaban J connectivity index is 2.32. The second-order valence-corrected chi connectivity index (χ2v) is 6.60. The average molecular weight is 283 g/mol. The Morgan fingerprint density at radius 3 is 2.89 bits per heavy atom. The Hall–Kier alpha value is -0.810. The summed E-state index contributed by atoms with van der Waals surface area (Å²) in [5.41, 5.74) is 1.20. The predicted octanol–water partition coefficient (Wildman–Crippen LogP) is 3.18. The molecule has 98 valence electrons. The van der Waals surface area contributed by atoms with Crippen LogP contribution in [0.25, 0.3) is 0 Å². The zero-order chi connectivity index (χ0) is 13.3. The van der Waals surface area contributed by atoms with Crippen LogP contribution in [0, 0.1) is 0 Å². The second kappa shape index (κ2) is 5.45. The van der Waals surface area contributed by atoms with Crippen LogP contribution in [-0.2, 0) is 4.79 Å². The van der Waals surface area contributed by atoms with Gasteiger partial charge < -0.3 is 10.0 Å². The highest BCUT2D eigenvalue weighted by Crippen LogP contribution is 2.43. The fraction of sp³-hybridized carbons (Fsp3) is 0.462. The van der Waals surface area contributed by atoms with E-state index < -0.39 is 5.97 Å². The molecule has 0 spiro atoms. The number of fused-ring (bicyclic) bond motifs is 1. The van der Waals surface area contributed by atoms with Crippen molar-refractivity contribution >= 4 is 35.2 Å². The van der Waals surface area contributed by atoms with Crippen LogP contribution in [0.3, 0.4) is 0 Å². The minimum atomic E-state index is -0.725. The molecule has 2 rings (SSSR count). The summed E-state index contributed by atoms with van der Waals surface area (Å²) in [4.78, 5) is 15.5. The van der Waals surface area contributed by atoms with Crippen LogP contribution in [0.15, 0.2) is 28.0 Å². The van der Waals surface area contributed by atoms with Crippen LogP contribution in [0.4, 0.5) is 5.69 Å². The number of benzene rings is 1. The lowest BCUT2D eigenvalue weighted by Crippen LogP contribution is -2.41. The summed E-state index contributed by atoms with van der Waals surface area (Å²) in [5.74, 6) is -0.725. The van der Waals surface area contributed by atoms with Gasteiger partial charge in [-0.15, -0.1) is 23.5 Å². The van der Waals surface area contributed by atoms with Gasteiger partial charge in [0.25, 0.3) is 0 Å². The highest BCUT2D eigenvalue weighted by atomic mass is 32.2. The monoisotopic (exact) mass is 283 g/mol. The van der Waals surface area contributed by atoms with E-state index in [2.05, 4.69) is 36.3 Å². The number of carboxylic acids is 1. The van der Waals surface area contributed by atoms with Gasteiger partial charge in [-0.2, -0.15) is 0 Å². The number of carbonyl (C=O) groups is 1. The van der Waals surface area contributed by atoms with Gasteiger partial charge in [0.2, 0.25) is 0 Å². The summed E-state index contributed by atoms with van der Waals surface area (Å²) >= 11 is 3.40. The van der Waals surface area contributed by atoms with Gasteiger partial charge in [0.15, 0.2) is 0 Å². The Labute approximate surface area is 116 Å². The van der Waals surface area contributed by atoms with E-state index in [-0.39, 0.29) is 17.7 Å². The van der Waals surface area contributed by atoms with Crippen LogP contribution < -0.4 is 4.90 Å². The second-order valence-electron chi connectivity index (χ2n) is 4.44. The molecule has 0 fully saturated rings. The molecular formula is C13H17NO2S2. The first-order valence-corrected chi connectivity index (χ1v) is 7.92. The van der Waals surface area contributed by atoms with Crippen LogP contribution in [0.2, 0.25) is 0 Å². The van der Waals surface area contributed by atoms with Crippen LogP contribution in [-0.4, -0.2) is 35.7 Å². The van der Waals surface area contributed by atoms with Crippen molar-refractivity contribution in [3.63, 3.8) is 0 Å². The number of hydrogen-bond acceptors (Lipinski definition) is 4. The molecule has 0 aliphatic carbocycles. The summed E-state index contributed by atoms with van der Waals surface area (Å²) < 4.78 is 0. The fourth-order valence-corrected chi connectivity index (χ4v) is 4.10. The van der Waals surface area contributed by atoms with E-state index in [4.69, 9.17) is 5.11 Å². The van der Waals surface area contributed by atoms with Crippen molar-refractivity contribution in [2.24, 2.45) is 0 Å². The van der Waals surface area contributed by atoms with Crippen LogP contribution in [0.1, 0.15) is 13.3 Å². The van der Waals surface area contributed by atoms with Crippen molar-refractivity contribution in [3.8, 4) is 0 Å². The predicted molar refractivity (Wildman–Crippen MR) is 78.0 cm³/mol. The third-order valence-electron chi connectivity index (χ3n) is 3.35. The number of rotatable bonds is 3. The van der Waals surface area contributed by atoms with Gasteiger partial charge in [0, 0.05) is 28.1 Å². The van der Waals surface area contributed by atoms with E-state index in [0.29, 0.717) is 0 Å². The lowest BCUT2D eigenvalue weighted by atomic mass is 10.1. The number of carboxylic acid groups (broad SMARTS) is 1. The zero-order valence-electron chi connectivity index (χ0n) is 10.7. The lowest BCUT2D eigenvalue weighted by Gasteiger charge is -2.38. The van der Waals surface area contributed by atoms with Gasteiger partial charge in [-0.05, 0) is 31.4 Å². The molecule has 2 unspecified atom stereocenters. The van der Waals surface area contributed by atoms with Crippen LogP contribution >= 0.6 is 23.5 Å². The van der Waals surface area contributed by atoms with Crippen LogP contribution in [0.5, 0.6) is 0 Å². The molecule has 18 heavy (non-hydrogen) atoms. The van der Waals surface area contributed by atoms with Gasteiger partial charge in [-0.1, -0.05) is 0 Å². The number of thioether (sulfide) groups is 2. The van der Waals surface area contributed by atoms with E-state index in [1.54, 1.807) is 23.5 Å². The Kier molecular flexibility index (Phi) is 4.12. The van der Waals surface area contributed by atoms with Gasteiger partial charge in [0.05, 0.1) is 12.1 Å². The highest BCUT2D eigenvalue weighted by Gasteiger charge is 2.31. The Bertz CT molecular complexity index is 464. The zero-order valence-corrected chi connectivity index (χ0v) is 12.3. The Morgan fingerprint density at radius 1 is 1.56 bits per heavy atom. The number of nitrogens with zero attached hydrogens (tertiary/aromatic N) is 1. The van der Waals surface area contributed by atoms with Crippen molar-refractivity contribution in [2.45, 2.75) is 34.4 Å². The maximum atomic E-state index is 10.9. The summed E-state index contributed by atoms with van der Waals surface area (Å²) in [6.45, 7) is 2.09. The number of aliphatic carboxylic acids is 1. The van der Waals surface area contributed by atoms with E-state index in [1.807, 2.05) is 7.05 Å². The molecule has 1 aliphatic rings. The topological polar surface area (TPSA) is 40.5 Å². The number of anilines is 1. The Morgan fingerprint density at radius 2 is 2.28 bits per heavy atom. The molecule has 1 aliphatic heterocycles. The SMILES string of the molecule is CSc1ccc2c(c1)SC(CC(=O)O)C(C)N2C. The third-order valence-corrected chi connectivity index (χ3v) is 5.52. The summed E-state index contributed by atoms with van der Waals surface area (Å²) in [6, 6.07) is 6.63. The van der Waals surface area contributed by atoms with E-state index in [0.717, 1.165) is 0 Å². The molecule has 5 heteroatoms. The summed E-state index contributed by atoms with van der Waals surface area (Å²) in [7, 11) is 2.04. The van der Waals surface area contributed by atoms with Gasteiger partial charge in [-0.3, -0.25) is 4.79 Å². The minimum Gasteiger partial charge on any atom is -0.481 e. The molecular weight excluding hydrogens is 266 g/mol. The summed E-state index contributed by atoms with van der Waals surface area (Å²) in [5, 5.41) is 9.09. The van der Waals surface area contributed by atoms with Crippen molar-refractivity contribution in [1.29, 1.82) is 0 Å². The minimum absolute atomic E-state index is 0.108. The molecule has 3 nitrogen and oxygen atoms in total. The molecule has 1 aromatic rings. The largest absolute Gasteiger partial charge is 0.481 e. The molecule has 1 aromatic carbocycles. The molecule has 2 atom stereocenters. The van der Waals surface area contributed by atoms with Gasteiger partial charge in [-0.25, -0.2) is 0 Å². The van der Waals surface area contributed by atoms with Crippen molar-refractivity contribution in [3.05, 3.63) is 18.2 Å². The summed E-state index contributed by atoms with van der Waals surface area (Å²) in [6.07, 6.45) is 2.26. The van der Waals surface area contributed by atoms with Crippen molar-refractivity contribution < 1.29 is 9.90 Å². The quantitative estimate of drug-likeness (QED) is 0.863.